The predicted octanol–water partition coefficient (Wildman–Crippen LogP) is 4.37. The molecule has 4 aliphatic carbocycles. The number of esters is 1. The Kier molecular flexibility index (Phi) is 3.72. The normalized spacial score (nSPS) is 47.0. The molecular formula is C21H30O3. The third-order valence-corrected chi connectivity index (χ3v) is 7.84. The summed E-state index contributed by atoms with van der Waals surface area (Å²) in [4.78, 5) is 11.5. The molecule has 0 heterocycles. The highest BCUT2D eigenvalue weighted by Gasteiger charge is 2.57. The zero-order chi connectivity index (χ0) is 17.1. The summed E-state index contributed by atoms with van der Waals surface area (Å²) < 4.78 is 5.58. The van der Waals surface area contributed by atoms with Gasteiger partial charge in [-0.3, -0.25) is 4.79 Å². The molecule has 0 aromatic carbocycles. The van der Waals surface area contributed by atoms with Gasteiger partial charge in [0.15, 0.2) is 0 Å². The molecule has 6 atom stereocenters. The van der Waals surface area contributed by atoms with Crippen molar-refractivity contribution >= 4 is 5.97 Å². The van der Waals surface area contributed by atoms with Crippen molar-refractivity contribution in [1.82, 2.24) is 0 Å². The highest BCUT2D eigenvalue weighted by Crippen LogP contribution is 2.64. The largest absolute Gasteiger partial charge is 0.431 e. The number of aliphatic hydroxyl groups excluding tert-OH is 1. The minimum Gasteiger partial charge on any atom is -0.431 e. The van der Waals surface area contributed by atoms with E-state index in [0.717, 1.165) is 44.3 Å². The van der Waals surface area contributed by atoms with Gasteiger partial charge in [0.25, 0.3) is 0 Å². The molecule has 0 saturated heterocycles. The molecule has 4 aliphatic rings. The third kappa shape index (κ3) is 2.23. The summed E-state index contributed by atoms with van der Waals surface area (Å²) >= 11 is 0. The maximum absolute atomic E-state index is 11.5. The number of aliphatic hydroxyl groups is 1. The smallest absolute Gasteiger partial charge is 0.307 e. The molecule has 3 nitrogen and oxygen atoms in total. The van der Waals surface area contributed by atoms with Gasteiger partial charge in [0, 0.05) is 12.3 Å². The van der Waals surface area contributed by atoms with Crippen LogP contribution < -0.4 is 0 Å². The SMILES string of the molecule is CC(=O)OC1=CC[C@H]2[C@@H]3CC=C4C[C@@H](O)CC[C@]4(C)[C@H]3CC[C@]12C. The summed E-state index contributed by atoms with van der Waals surface area (Å²) in [5.41, 5.74) is 1.81. The Labute approximate surface area is 145 Å². The van der Waals surface area contributed by atoms with E-state index in [0.29, 0.717) is 17.8 Å². The third-order valence-electron chi connectivity index (χ3n) is 7.84. The molecule has 0 unspecified atom stereocenters. The van der Waals surface area contributed by atoms with E-state index in [4.69, 9.17) is 4.74 Å². The Bertz CT molecular complexity index is 619. The van der Waals surface area contributed by atoms with Crippen LogP contribution in [0, 0.1) is 28.6 Å². The average molecular weight is 330 g/mol. The summed E-state index contributed by atoms with van der Waals surface area (Å²) in [6.45, 7) is 6.26. The van der Waals surface area contributed by atoms with Crippen LogP contribution in [-0.2, 0) is 9.53 Å². The van der Waals surface area contributed by atoms with Crippen LogP contribution in [-0.4, -0.2) is 17.2 Å². The first-order valence-corrected chi connectivity index (χ1v) is 9.61. The molecule has 132 valence electrons. The minimum absolute atomic E-state index is 0.0305. The molecule has 0 amide bonds. The quantitative estimate of drug-likeness (QED) is 0.574. The van der Waals surface area contributed by atoms with Crippen molar-refractivity contribution < 1.29 is 14.6 Å². The van der Waals surface area contributed by atoms with Crippen molar-refractivity contribution in [3.8, 4) is 0 Å². The Morgan fingerprint density at radius 2 is 1.88 bits per heavy atom. The molecule has 0 aromatic rings. The van der Waals surface area contributed by atoms with Gasteiger partial charge in [0.1, 0.15) is 5.76 Å². The fourth-order valence-electron chi connectivity index (χ4n) is 6.48. The zero-order valence-corrected chi connectivity index (χ0v) is 15.2. The Balaban J connectivity index is 1.62. The van der Waals surface area contributed by atoms with Crippen LogP contribution in [0.1, 0.15) is 65.7 Å². The molecule has 0 aliphatic heterocycles. The summed E-state index contributed by atoms with van der Waals surface area (Å²) in [6, 6.07) is 0. The monoisotopic (exact) mass is 330 g/mol. The average Bonchev–Trinajstić information content (AvgIpc) is 2.84. The van der Waals surface area contributed by atoms with E-state index >= 15 is 0 Å². The standard InChI is InChI=1S/C21H30O3/c1-13(22)24-19-7-6-17-16-5-4-14-12-15(23)8-10-20(14,2)18(16)9-11-21(17,19)3/h4,7,15-18,23H,5-6,8-12H2,1-3H3/t15-,16-,17-,18-,20-,21-/m0/s1. The minimum atomic E-state index is -0.190. The van der Waals surface area contributed by atoms with Crippen molar-refractivity contribution in [3.63, 3.8) is 0 Å². The van der Waals surface area contributed by atoms with E-state index < -0.39 is 0 Å². The lowest BCUT2D eigenvalue weighted by Gasteiger charge is -2.57. The van der Waals surface area contributed by atoms with Crippen LogP contribution in [0.2, 0.25) is 0 Å². The first-order valence-electron chi connectivity index (χ1n) is 9.61. The fraction of sp³-hybridized carbons (Fsp3) is 0.762. The number of hydrogen-bond acceptors (Lipinski definition) is 3. The summed E-state index contributed by atoms with van der Waals surface area (Å²) in [5.74, 6) is 2.72. The molecule has 1 N–H and O–H groups in total. The molecule has 24 heavy (non-hydrogen) atoms. The highest BCUT2D eigenvalue weighted by atomic mass is 16.5. The van der Waals surface area contributed by atoms with Crippen LogP contribution in [0.25, 0.3) is 0 Å². The van der Waals surface area contributed by atoms with Gasteiger partial charge in [0.2, 0.25) is 0 Å². The summed E-state index contributed by atoms with van der Waals surface area (Å²) in [5, 5.41) is 10.1. The van der Waals surface area contributed by atoms with Crippen molar-refractivity contribution in [2.75, 3.05) is 0 Å². The van der Waals surface area contributed by atoms with Gasteiger partial charge >= 0.3 is 5.97 Å². The number of carbonyl (C=O) groups excluding carboxylic acids is 1. The second-order valence-corrected chi connectivity index (χ2v) is 9.01. The topological polar surface area (TPSA) is 46.5 Å². The van der Waals surface area contributed by atoms with E-state index in [2.05, 4.69) is 26.0 Å². The van der Waals surface area contributed by atoms with Crippen LogP contribution in [0.15, 0.2) is 23.5 Å². The molecular weight excluding hydrogens is 300 g/mol. The lowest BCUT2D eigenvalue weighted by molar-refractivity contribution is -0.140. The maximum Gasteiger partial charge on any atom is 0.307 e. The van der Waals surface area contributed by atoms with Gasteiger partial charge in [-0.1, -0.05) is 25.5 Å². The second-order valence-electron chi connectivity index (χ2n) is 9.01. The van der Waals surface area contributed by atoms with E-state index in [9.17, 15) is 9.90 Å². The predicted molar refractivity (Wildman–Crippen MR) is 92.9 cm³/mol. The van der Waals surface area contributed by atoms with Crippen LogP contribution in [0.5, 0.6) is 0 Å². The molecule has 3 heteroatoms. The Morgan fingerprint density at radius 1 is 1.12 bits per heavy atom. The molecule has 0 spiro atoms. The number of hydrogen-bond donors (Lipinski definition) is 1. The van der Waals surface area contributed by atoms with Crippen molar-refractivity contribution in [2.45, 2.75) is 71.8 Å². The van der Waals surface area contributed by atoms with Crippen molar-refractivity contribution in [2.24, 2.45) is 28.6 Å². The van der Waals surface area contributed by atoms with E-state index in [1.54, 1.807) is 0 Å². The fourth-order valence-corrected chi connectivity index (χ4v) is 6.48. The molecule has 2 fully saturated rings. The van der Waals surface area contributed by atoms with Gasteiger partial charge in [0.05, 0.1) is 6.10 Å². The van der Waals surface area contributed by atoms with Crippen molar-refractivity contribution in [3.05, 3.63) is 23.5 Å². The lowest BCUT2D eigenvalue weighted by Crippen LogP contribution is -2.50. The van der Waals surface area contributed by atoms with Gasteiger partial charge < -0.3 is 9.84 Å². The number of allylic oxidation sites excluding steroid dienone is 3. The number of rotatable bonds is 1. The van der Waals surface area contributed by atoms with Gasteiger partial charge in [-0.25, -0.2) is 0 Å². The zero-order valence-electron chi connectivity index (χ0n) is 15.2. The van der Waals surface area contributed by atoms with E-state index in [1.807, 2.05) is 0 Å². The molecule has 0 bridgehead atoms. The molecule has 2 saturated carbocycles. The highest BCUT2D eigenvalue weighted by molar-refractivity contribution is 5.67. The van der Waals surface area contributed by atoms with Gasteiger partial charge in [-0.05, 0) is 74.2 Å². The van der Waals surface area contributed by atoms with Gasteiger partial charge in [-0.15, -0.1) is 0 Å². The first-order chi connectivity index (χ1) is 11.3. The Morgan fingerprint density at radius 3 is 2.62 bits per heavy atom. The number of carbonyl (C=O) groups is 1. The summed E-state index contributed by atoms with van der Waals surface area (Å²) in [7, 11) is 0. The number of fused-ring (bicyclic) bond motifs is 5. The van der Waals surface area contributed by atoms with Crippen LogP contribution in [0.3, 0.4) is 0 Å². The van der Waals surface area contributed by atoms with Crippen molar-refractivity contribution in [1.29, 1.82) is 0 Å². The lowest BCUT2D eigenvalue weighted by atomic mass is 9.48. The molecule has 0 aromatic heterocycles. The van der Waals surface area contributed by atoms with Gasteiger partial charge in [-0.2, -0.15) is 0 Å². The summed E-state index contributed by atoms with van der Waals surface area (Å²) in [6.07, 6.45) is 11.9. The Hall–Kier alpha value is -1.09. The van der Waals surface area contributed by atoms with E-state index in [-0.39, 0.29) is 22.9 Å². The first kappa shape index (κ1) is 16.4. The second kappa shape index (κ2) is 5.45. The molecule has 0 radical (unpaired) electrons. The number of ether oxygens (including phenoxy) is 1. The van der Waals surface area contributed by atoms with E-state index in [1.165, 1.54) is 18.9 Å². The maximum atomic E-state index is 11.5. The molecule has 4 rings (SSSR count). The van der Waals surface area contributed by atoms with Crippen LogP contribution >= 0.6 is 0 Å². The van der Waals surface area contributed by atoms with Crippen LogP contribution in [0.4, 0.5) is 0 Å².